The smallest absolute Gasteiger partial charge is 0.322 e. The SMILES string of the molecule is CCN(c1ccccc1)S(=O)(=O)c1ccc(C(=O)Nc2nnc(-c3cc(C)cc(C)c3)o2)cc1. The Morgan fingerprint density at radius 3 is 2.21 bits per heavy atom. The summed E-state index contributed by atoms with van der Waals surface area (Å²) in [6.45, 7) is 5.98. The van der Waals surface area contributed by atoms with Crippen LogP contribution in [0.2, 0.25) is 0 Å². The number of rotatable bonds is 7. The number of nitrogens with one attached hydrogen (secondary N) is 1. The Bertz CT molecular complexity index is 1390. The van der Waals surface area contributed by atoms with Crippen LogP contribution in [-0.4, -0.2) is 31.1 Å². The van der Waals surface area contributed by atoms with Crippen LogP contribution in [0.15, 0.2) is 82.1 Å². The number of aromatic nitrogens is 2. The highest BCUT2D eigenvalue weighted by molar-refractivity contribution is 7.92. The van der Waals surface area contributed by atoms with E-state index in [1.165, 1.54) is 28.6 Å². The van der Waals surface area contributed by atoms with Crippen LogP contribution >= 0.6 is 0 Å². The first kappa shape index (κ1) is 23.2. The van der Waals surface area contributed by atoms with Crippen molar-refractivity contribution in [3.05, 3.63) is 89.5 Å². The number of benzene rings is 3. The van der Waals surface area contributed by atoms with Gasteiger partial charge in [-0.2, -0.15) is 0 Å². The summed E-state index contributed by atoms with van der Waals surface area (Å²) < 4.78 is 33.1. The molecule has 8 nitrogen and oxygen atoms in total. The van der Waals surface area contributed by atoms with E-state index in [0.29, 0.717) is 11.6 Å². The van der Waals surface area contributed by atoms with Crippen LogP contribution in [0.4, 0.5) is 11.7 Å². The second-order valence-electron chi connectivity index (χ2n) is 7.77. The van der Waals surface area contributed by atoms with Gasteiger partial charge in [0.05, 0.1) is 10.6 Å². The van der Waals surface area contributed by atoms with Crippen LogP contribution in [0.25, 0.3) is 11.5 Å². The van der Waals surface area contributed by atoms with Gasteiger partial charge in [-0.15, -0.1) is 5.10 Å². The number of carbonyl (C=O) groups excluding carboxylic acids is 1. The van der Waals surface area contributed by atoms with Crippen molar-refractivity contribution in [2.45, 2.75) is 25.7 Å². The summed E-state index contributed by atoms with van der Waals surface area (Å²) in [7, 11) is -3.78. The Balaban J connectivity index is 1.50. The van der Waals surface area contributed by atoms with Crippen LogP contribution in [0.1, 0.15) is 28.4 Å². The molecule has 0 aliphatic carbocycles. The molecule has 4 rings (SSSR count). The van der Waals surface area contributed by atoms with E-state index in [4.69, 9.17) is 4.42 Å². The number of nitrogens with zero attached hydrogens (tertiary/aromatic N) is 3. The number of hydrogen-bond donors (Lipinski definition) is 1. The predicted octanol–water partition coefficient (Wildman–Crippen LogP) is 4.82. The third-order valence-electron chi connectivity index (χ3n) is 5.15. The van der Waals surface area contributed by atoms with Crippen molar-refractivity contribution in [2.24, 2.45) is 0 Å². The van der Waals surface area contributed by atoms with Gasteiger partial charge in [-0.1, -0.05) is 40.5 Å². The minimum absolute atomic E-state index is 0.0444. The fraction of sp³-hybridized carbons (Fsp3) is 0.160. The molecular weight excluding hydrogens is 452 g/mol. The first-order valence-electron chi connectivity index (χ1n) is 10.7. The van der Waals surface area contributed by atoms with Crippen molar-refractivity contribution in [3.8, 4) is 11.5 Å². The summed E-state index contributed by atoms with van der Waals surface area (Å²) >= 11 is 0. The molecule has 0 atom stereocenters. The van der Waals surface area contributed by atoms with Gasteiger partial charge in [0.2, 0.25) is 5.89 Å². The predicted molar refractivity (Wildman–Crippen MR) is 130 cm³/mol. The number of sulfonamides is 1. The molecule has 1 N–H and O–H groups in total. The van der Waals surface area contributed by atoms with E-state index in [1.54, 1.807) is 31.2 Å². The maximum absolute atomic E-state index is 13.1. The van der Waals surface area contributed by atoms with Crippen molar-refractivity contribution in [3.63, 3.8) is 0 Å². The average Bonchev–Trinajstić information content (AvgIpc) is 3.28. The molecule has 0 bridgehead atoms. The van der Waals surface area contributed by atoms with Gasteiger partial charge in [0, 0.05) is 17.7 Å². The number of hydrogen-bond acceptors (Lipinski definition) is 6. The highest BCUT2D eigenvalue weighted by Crippen LogP contribution is 2.25. The molecule has 0 fully saturated rings. The molecule has 3 aromatic carbocycles. The third kappa shape index (κ3) is 4.84. The van der Waals surface area contributed by atoms with Crippen LogP contribution in [0.3, 0.4) is 0 Å². The number of anilines is 2. The molecule has 4 aromatic rings. The summed E-state index contributed by atoms with van der Waals surface area (Å²) in [5, 5.41) is 10.5. The molecule has 0 aliphatic heterocycles. The van der Waals surface area contributed by atoms with Gasteiger partial charge in [-0.25, -0.2) is 8.42 Å². The van der Waals surface area contributed by atoms with Crippen molar-refractivity contribution in [1.82, 2.24) is 10.2 Å². The van der Waals surface area contributed by atoms with Gasteiger partial charge >= 0.3 is 6.01 Å². The van der Waals surface area contributed by atoms with E-state index < -0.39 is 15.9 Å². The van der Waals surface area contributed by atoms with Gasteiger partial charge in [0.25, 0.3) is 15.9 Å². The van der Waals surface area contributed by atoms with E-state index >= 15 is 0 Å². The van der Waals surface area contributed by atoms with Crippen molar-refractivity contribution in [2.75, 3.05) is 16.2 Å². The molecule has 0 unspecified atom stereocenters. The standard InChI is InChI=1S/C25H24N4O4S/c1-4-29(21-8-6-5-7-9-21)34(31,32)22-12-10-19(11-13-22)23(30)26-25-28-27-24(33-25)20-15-17(2)14-18(3)16-20/h5-16H,4H2,1-3H3,(H,26,28,30). The third-order valence-corrected chi connectivity index (χ3v) is 7.07. The van der Waals surface area contributed by atoms with Crippen LogP contribution in [0, 0.1) is 13.8 Å². The highest BCUT2D eigenvalue weighted by atomic mass is 32.2. The monoisotopic (exact) mass is 476 g/mol. The zero-order chi connectivity index (χ0) is 24.3. The molecule has 0 aliphatic rings. The van der Waals surface area contributed by atoms with Gasteiger partial charge < -0.3 is 4.42 Å². The van der Waals surface area contributed by atoms with E-state index in [2.05, 4.69) is 15.5 Å². The lowest BCUT2D eigenvalue weighted by molar-refractivity contribution is 0.102. The lowest BCUT2D eigenvalue weighted by atomic mass is 10.1. The molecule has 0 saturated carbocycles. The topological polar surface area (TPSA) is 105 Å². The van der Waals surface area contributed by atoms with Crippen LogP contribution in [-0.2, 0) is 10.0 Å². The molecule has 9 heteroatoms. The van der Waals surface area contributed by atoms with Crippen LogP contribution < -0.4 is 9.62 Å². The fourth-order valence-electron chi connectivity index (χ4n) is 3.65. The Labute approximate surface area is 198 Å². The summed E-state index contributed by atoms with van der Waals surface area (Å²) in [6.07, 6.45) is 0. The van der Waals surface area contributed by atoms with E-state index in [9.17, 15) is 13.2 Å². The fourth-order valence-corrected chi connectivity index (χ4v) is 5.12. The van der Waals surface area contributed by atoms with E-state index in [-0.39, 0.29) is 23.0 Å². The normalized spacial score (nSPS) is 11.3. The van der Waals surface area contributed by atoms with Gasteiger partial charge in [0.15, 0.2) is 0 Å². The van der Waals surface area contributed by atoms with Crippen molar-refractivity contribution < 1.29 is 17.6 Å². The molecule has 0 radical (unpaired) electrons. The van der Waals surface area contributed by atoms with Gasteiger partial charge in [-0.05, 0) is 69.3 Å². The first-order chi connectivity index (χ1) is 16.3. The lowest BCUT2D eigenvalue weighted by Gasteiger charge is -2.22. The van der Waals surface area contributed by atoms with E-state index in [0.717, 1.165) is 16.7 Å². The second-order valence-corrected chi connectivity index (χ2v) is 9.63. The van der Waals surface area contributed by atoms with E-state index in [1.807, 2.05) is 38.1 Å². The minimum atomic E-state index is -3.78. The molecule has 174 valence electrons. The number of carbonyl (C=O) groups is 1. The zero-order valence-electron chi connectivity index (χ0n) is 19.0. The number of para-hydroxylation sites is 1. The Morgan fingerprint density at radius 1 is 0.941 bits per heavy atom. The molecular formula is C25H24N4O4S. The maximum atomic E-state index is 13.1. The quantitative estimate of drug-likeness (QED) is 0.410. The Hall–Kier alpha value is -3.98. The number of amides is 1. The summed E-state index contributed by atoms with van der Waals surface area (Å²) in [5.74, 6) is -0.195. The average molecular weight is 477 g/mol. The first-order valence-corrected chi connectivity index (χ1v) is 12.1. The second kappa shape index (κ2) is 9.48. The molecule has 0 spiro atoms. The van der Waals surface area contributed by atoms with Gasteiger partial charge in [-0.3, -0.25) is 14.4 Å². The Morgan fingerprint density at radius 2 is 1.59 bits per heavy atom. The summed E-state index contributed by atoms with van der Waals surface area (Å²) in [6, 6.07) is 20.4. The van der Waals surface area contributed by atoms with Gasteiger partial charge in [0.1, 0.15) is 0 Å². The molecule has 1 heterocycles. The zero-order valence-corrected chi connectivity index (χ0v) is 19.8. The largest absolute Gasteiger partial charge is 0.403 e. The molecule has 34 heavy (non-hydrogen) atoms. The van der Waals surface area contributed by atoms with Crippen molar-refractivity contribution >= 4 is 27.6 Å². The number of aryl methyl sites for hydroxylation is 2. The molecule has 1 aromatic heterocycles. The minimum Gasteiger partial charge on any atom is -0.403 e. The van der Waals surface area contributed by atoms with Crippen molar-refractivity contribution in [1.29, 1.82) is 0 Å². The molecule has 1 amide bonds. The molecule has 0 saturated heterocycles. The highest BCUT2D eigenvalue weighted by Gasteiger charge is 2.24. The summed E-state index contributed by atoms with van der Waals surface area (Å²) in [5.41, 5.74) is 3.71. The lowest BCUT2D eigenvalue weighted by Crippen LogP contribution is -2.30. The summed E-state index contributed by atoms with van der Waals surface area (Å²) in [4.78, 5) is 12.7. The Kier molecular flexibility index (Phi) is 6.47. The maximum Gasteiger partial charge on any atom is 0.322 e. The van der Waals surface area contributed by atoms with Crippen LogP contribution in [0.5, 0.6) is 0 Å².